The highest BCUT2D eigenvalue weighted by molar-refractivity contribution is 5.94. The third-order valence-corrected chi connectivity index (χ3v) is 5.49. The van der Waals surface area contributed by atoms with E-state index in [0.29, 0.717) is 13.1 Å². The smallest absolute Gasteiger partial charge is 0.298 e. The Hall–Kier alpha value is -2.72. The van der Waals surface area contributed by atoms with E-state index in [2.05, 4.69) is 30.6 Å². The van der Waals surface area contributed by atoms with Crippen LogP contribution in [0, 0.1) is 29.1 Å². The van der Waals surface area contributed by atoms with Crippen LogP contribution in [0.3, 0.4) is 0 Å². The molecule has 0 bridgehead atoms. The number of benzene rings is 1. The summed E-state index contributed by atoms with van der Waals surface area (Å²) >= 11 is 0. The summed E-state index contributed by atoms with van der Waals surface area (Å²) in [6, 6.07) is 9.57. The van der Waals surface area contributed by atoms with Crippen LogP contribution in [0.2, 0.25) is 0 Å². The molecule has 0 N–H and O–H groups in total. The van der Waals surface area contributed by atoms with E-state index in [1.807, 2.05) is 40.1 Å². The largest absolute Gasteiger partial charge is 0.332 e. The molecule has 2 aliphatic heterocycles. The third kappa shape index (κ3) is 4.92. The van der Waals surface area contributed by atoms with E-state index in [-0.39, 0.29) is 17.2 Å². The maximum Gasteiger partial charge on any atom is 0.298 e. The van der Waals surface area contributed by atoms with E-state index in [0.717, 1.165) is 50.8 Å². The molecule has 4 heteroatoms. The number of amides is 2. The molecule has 2 amide bonds. The van der Waals surface area contributed by atoms with Crippen LogP contribution in [0.4, 0.5) is 0 Å². The van der Waals surface area contributed by atoms with E-state index < -0.39 is 0 Å². The zero-order valence-corrected chi connectivity index (χ0v) is 16.0. The summed E-state index contributed by atoms with van der Waals surface area (Å²) in [7, 11) is 0. The van der Waals surface area contributed by atoms with Crippen LogP contribution in [0.15, 0.2) is 30.3 Å². The van der Waals surface area contributed by atoms with Gasteiger partial charge in [-0.25, -0.2) is 0 Å². The molecular formula is C23H26N2O2. The van der Waals surface area contributed by atoms with Crippen LogP contribution in [0.1, 0.15) is 44.6 Å². The van der Waals surface area contributed by atoms with Crippen molar-refractivity contribution in [2.45, 2.75) is 39.0 Å². The zero-order valence-electron chi connectivity index (χ0n) is 16.0. The Morgan fingerprint density at radius 1 is 0.963 bits per heavy atom. The van der Waals surface area contributed by atoms with Gasteiger partial charge in [0.1, 0.15) is 0 Å². The number of unbranched alkanes of at least 4 members (excludes halogenated alkanes) is 1. The Bertz CT molecular complexity index is 800. The van der Waals surface area contributed by atoms with Crippen LogP contribution in [0.25, 0.3) is 0 Å². The predicted molar refractivity (Wildman–Crippen MR) is 105 cm³/mol. The first-order valence-corrected chi connectivity index (χ1v) is 9.76. The summed E-state index contributed by atoms with van der Waals surface area (Å²) in [4.78, 5) is 28.3. The van der Waals surface area contributed by atoms with Gasteiger partial charge < -0.3 is 9.80 Å². The van der Waals surface area contributed by atoms with Crippen molar-refractivity contribution in [3.63, 3.8) is 0 Å². The Kier molecular flexibility index (Phi) is 6.20. The molecule has 0 aromatic heterocycles. The SMILES string of the molecule is CCCC#CC(=O)N1CCC2(CCN(C(=O)C#Cc3ccccc3)CC2)C1. The molecule has 27 heavy (non-hydrogen) atoms. The van der Waals surface area contributed by atoms with E-state index in [9.17, 15) is 9.59 Å². The van der Waals surface area contributed by atoms with Gasteiger partial charge in [-0.05, 0) is 49.2 Å². The molecule has 1 aromatic rings. The molecule has 4 nitrogen and oxygen atoms in total. The number of carbonyl (C=O) groups is 2. The van der Waals surface area contributed by atoms with Crippen molar-refractivity contribution < 1.29 is 9.59 Å². The molecule has 0 saturated carbocycles. The van der Waals surface area contributed by atoms with Crippen molar-refractivity contribution in [2.75, 3.05) is 26.2 Å². The number of hydrogen-bond donors (Lipinski definition) is 0. The average Bonchev–Trinajstić information content (AvgIpc) is 3.11. The van der Waals surface area contributed by atoms with Gasteiger partial charge in [-0.1, -0.05) is 37.0 Å². The quantitative estimate of drug-likeness (QED) is 0.721. The van der Waals surface area contributed by atoms with Gasteiger partial charge in [0, 0.05) is 44.1 Å². The molecule has 1 aromatic carbocycles. The maximum absolute atomic E-state index is 12.4. The van der Waals surface area contributed by atoms with Gasteiger partial charge in [-0.2, -0.15) is 0 Å². The second-order valence-electron chi connectivity index (χ2n) is 7.44. The van der Waals surface area contributed by atoms with E-state index in [1.54, 1.807) is 0 Å². The van der Waals surface area contributed by atoms with Crippen LogP contribution >= 0.6 is 0 Å². The van der Waals surface area contributed by atoms with Crippen LogP contribution in [0.5, 0.6) is 0 Å². The lowest BCUT2D eigenvalue weighted by Crippen LogP contribution is -2.44. The number of likely N-dealkylation sites (tertiary alicyclic amines) is 2. The maximum atomic E-state index is 12.4. The Morgan fingerprint density at radius 3 is 2.26 bits per heavy atom. The molecule has 0 atom stereocenters. The first-order valence-electron chi connectivity index (χ1n) is 9.76. The summed E-state index contributed by atoms with van der Waals surface area (Å²) in [5.41, 5.74) is 1.000. The monoisotopic (exact) mass is 362 g/mol. The second kappa shape index (κ2) is 8.78. The Morgan fingerprint density at radius 2 is 1.59 bits per heavy atom. The topological polar surface area (TPSA) is 40.6 Å². The number of piperidine rings is 1. The second-order valence-corrected chi connectivity index (χ2v) is 7.44. The van der Waals surface area contributed by atoms with Gasteiger partial charge in [0.05, 0.1) is 0 Å². The minimum atomic E-state index is -0.106. The lowest BCUT2D eigenvalue weighted by Gasteiger charge is -2.38. The molecule has 3 rings (SSSR count). The lowest BCUT2D eigenvalue weighted by atomic mass is 9.78. The van der Waals surface area contributed by atoms with Gasteiger partial charge in [-0.15, -0.1) is 0 Å². The fourth-order valence-corrected chi connectivity index (χ4v) is 3.77. The molecule has 0 radical (unpaired) electrons. The Labute approximate surface area is 161 Å². The number of hydrogen-bond acceptors (Lipinski definition) is 2. The first-order chi connectivity index (χ1) is 13.1. The lowest BCUT2D eigenvalue weighted by molar-refractivity contribution is -0.128. The van der Waals surface area contributed by atoms with E-state index in [1.165, 1.54) is 0 Å². The van der Waals surface area contributed by atoms with Gasteiger partial charge in [0.2, 0.25) is 0 Å². The van der Waals surface area contributed by atoms with Crippen molar-refractivity contribution in [2.24, 2.45) is 5.41 Å². The van der Waals surface area contributed by atoms with E-state index in [4.69, 9.17) is 0 Å². The average molecular weight is 362 g/mol. The molecule has 1 spiro atoms. The molecule has 140 valence electrons. The highest BCUT2D eigenvalue weighted by Gasteiger charge is 2.42. The van der Waals surface area contributed by atoms with E-state index >= 15 is 0 Å². The van der Waals surface area contributed by atoms with Crippen LogP contribution in [-0.4, -0.2) is 47.8 Å². The minimum absolute atomic E-state index is 0.0486. The summed E-state index contributed by atoms with van der Waals surface area (Å²) in [6.45, 7) is 5.03. The Balaban J connectivity index is 1.52. The summed E-state index contributed by atoms with van der Waals surface area (Å²) in [5.74, 6) is 11.2. The van der Waals surface area contributed by atoms with Crippen LogP contribution in [-0.2, 0) is 9.59 Å². The summed E-state index contributed by atoms with van der Waals surface area (Å²) < 4.78 is 0. The predicted octanol–water partition coefficient (Wildman–Crippen LogP) is 2.68. The normalized spacial score (nSPS) is 17.7. The number of rotatable bonds is 1. The summed E-state index contributed by atoms with van der Waals surface area (Å²) in [5, 5.41) is 0. The van der Waals surface area contributed by atoms with Crippen molar-refractivity contribution in [3.05, 3.63) is 35.9 Å². The molecular weight excluding hydrogens is 336 g/mol. The van der Waals surface area contributed by atoms with Gasteiger partial charge >= 0.3 is 0 Å². The highest BCUT2D eigenvalue weighted by atomic mass is 16.2. The van der Waals surface area contributed by atoms with Crippen molar-refractivity contribution >= 4 is 11.8 Å². The minimum Gasteiger partial charge on any atom is -0.332 e. The van der Waals surface area contributed by atoms with Crippen LogP contribution < -0.4 is 0 Å². The highest BCUT2D eigenvalue weighted by Crippen LogP contribution is 2.40. The van der Waals surface area contributed by atoms with Gasteiger partial charge in [-0.3, -0.25) is 9.59 Å². The molecule has 2 saturated heterocycles. The molecule has 0 aliphatic carbocycles. The number of carbonyl (C=O) groups excluding carboxylic acids is 2. The molecule has 2 fully saturated rings. The number of nitrogens with zero attached hydrogens (tertiary/aromatic N) is 2. The fraction of sp³-hybridized carbons (Fsp3) is 0.478. The molecule has 2 heterocycles. The third-order valence-electron chi connectivity index (χ3n) is 5.49. The first kappa shape index (κ1) is 19.1. The van der Waals surface area contributed by atoms with Gasteiger partial charge in [0.15, 0.2) is 0 Å². The van der Waals surface area contributed by atoms with Crippen molar-refractivity contribution in [1.29, 1.82) is 0 Å². The fourth-order valence-electron chi connectivity index (χ4n) is 3.77. The summed E-state index contributed by atoms with van der Waals surface area (Å²) in [6.07, 6.45) is 4.61. The standard InChI is InChI=1S/C23H26N2O2/c1-2-3-5-10-21(26)25-18-15-23(19-25)13-16-24(17-14-23)22(27)12-11-20-8-6-4-7-9-20/h4,6-9H,2-3,13-19H2,1H3. The zero-order chi connectivity index (χ0) is 19.1. The van der Waals surface area contributed by atoms with Crippen molar-refractivity contribution in [3.8, 4) is 23.7 Å². The van der Waals surface area contributed by atoms with Crippen molar-refractivity contribution in [1.82, 2.24) is 9.80 Å². The van der Waals surface area contributed by atoms with Gasteiger partial charge in [0.25, 0.3) is 11.8 Å². The molecule has 0 unspecified atom stereocenters. The molecule has 2 aliphatic rings.